The van der Waals surface area contributed by atoms with Gasteiger partial charge in [-0.05, 0) is 48.6 Å². The zero-order valence-corrected chi connectivity index (χ0v) is 12.9. The minimum Gasteiger partial charge on any atom is -0.309 e. The van der Waals surface area contributed by atoms with Gasteiger partial charge in [-0.15, -0.1) is 0 Å². The Kier molecular flexibility index (Phi) is 5.69. The second-order valence-electron chi connectivity index (χ2n) is 4.88. The summed E-state index contributed by atoms with van der Waals surface area (Å²) in [6, 6.07) is 7.13. The Labute approximate surface area is 126 Å². The maximum atomic E-state index is 12.2. The molecule has 0 bridgehead atoms. The molecule has 1 aliphatic rings. The molecule has 2 atom stereocenters. The maximum absolute atomic E-state index is 12.2. The van der Waals surface area contributed by atoms with Crippen molar-refractivity contribution in [1.82, 2.24) is 5.32 Å². The first-order valence-electron chi connectivity index (χ1n) is 6.59. The first-order valence-corrected chi connectivity index (χ1v) is 8.69. The minimum absolute atomic E-state index is 0.0669. The molecule has 0 heterocycles. The molecular weight excluding hydrogens is 303 g/mol. The van der Waals surface area contributed by atoms with Crippen LogP contribution in [0.2, 0.25) is 0 Å². The topological polar surface area (TPSA) is 12.0 Å². The van der Waals surface area contributed by atoms with Gasteiger partial charge in [-0.1, -0.05) is 18.6 Å². The number of alkyl halides is 3. The molecule has 0 saturated heterocycles. The zero-order chi connectivity index (χ0) is 14.6. The molecule has 2 unspecified atom stereocenters. The molecular formula is C14H18F3NS2. The number of halogens is 3. The summed E-state index contributed by atoms with van der Waals surface area (Å²) < 4.78 is 36.7. The van der Waals surface area contributed by atoms with Crippen molar-refractivity contribution >= 4 is 23.5 Å². The van der Waals surface area contributed by atoms with Gasteiger partial charge in [0.2, 0.25) is 0 Å². The Morgan fingerprint density at radius 2 is 1.90 bits per heavy atom. The minimum atomic E-state index is -4.21. The van der Waals surface area contributed by atoms with Gasteiger partial charge >= 0.3 is 5.51 Å². The molecule has 1 aromatic carbocycles. The highest BCUT2D eigenvalue weighted by Gasteiger charge is 2.29. The van der Waals surface area contributed by atoms with Crippen LogP contribution in [0.1, 0.15) is 24.8 Å². The Hall–Kier alpha value is -0.330. The summed E-state index contributed by atoms with van der Waals surface area (Å²) in [5.74, 6) is 0. The molecule has 1 aliphatic carbocycles. The van der Waals surface area contributed by atoms with E-state index in [1.165, 1.54) is 31.4 Å². The van der Waals surface area contributed by atoms with Crippen molar-refractivity contribution in [2.24, 2.45) is 0 Å². The fourth-order valence-electron chi connectivity index (χ4n) is 2.50. The van der Waals surface area contributed by atoms with Gasteiger partial charge in [0.25, 0.3) is 0 Å². The third-order valence-corrected chi connectivity index (χ3v) is 5.39. The van der Waals surface area contributed by atoms with Crippen molar-refractivity contribution in [3.8, 4) is 0 Å². The fraction of sp³-hybridized carbons (Fsp3) is 0.571. The van der Waals surface area contributed by atoms with Gasteiger partial charge in [0.1, 0.15) is 0 Å². The standard InChI is InChI=1S/C14H18F3NS2/c1-19-13-4-2-3-12(13)18-9-10-5-7-11(8-6-10)20-14(15,16)17/h5-8,12-13,18H,2-4,9H2,1H3. The van der Waals surface area contributed by atoms with E-state index in [0.717, 1.165) is 12.1 Å². The summed E-state index contributed by atoms with van der Waals surface area (Å²) >= 11 is 1.83. The number of rotatable bonds is 5. The molecule has 0 radical (unpaired) electrons. The molecule has 0 amide bonds. The molecule has 1 N–H and O–H groups in total. The van der Waals surface area contributed by atoms with Crippen molar-refractivity contribution in [2.75, 3.05) is 6.26 Å². The lowest BCUT2D eigenvalue weighted by Gasteiger charge is -2.19. The lowest BCUT2D eigenvalue weighted by atomic mass is 10.2. The highest BCUT2D eigenvalue weighted by molar-refractivity contribution is 8.00. The van der Waals surface area contributed by atoms with E-state index in [2.05, 4.69) is 11.6 Å². The van der Waals surface area contributed by atoms with Crippen LogP contribution in [0.25, 0.3) is 0 Å². The van der Waals surface area contributed by atoms with Gasteiger partial charge in [0.05, 0.1) is 0 Å². The fourth-order valence-corrected chi connectivity index (χ4v) is 4.00. The predicted molar refractivity (Wildman–Crippen MR) is 80.1 cm³/mol. The number of hydrogen-bond donors (Lipinski definition) is 1. The smallest absolute Gasteiger partial charge is 0.309 e. The molecule has 6 heteroatoms. The Bertz CT molecular complexity index is 419. The summed E-state index contributed by atoms with van der Waals surface area (Å²) in [7, 11) is 0. The normalized spacial score (nSPS) is 23.2. The van der Waals surface area contributed by atoms with Crippen LogP contribution in [0, 0.1) is 0 Å². The summed E-state index contributed by atoms with van der Waals surface area (Å²) in [4.78, 5) is 0.240. The van der Waals surface area contributed by atoms with Crippen LogP contribution in [0.4, 0.5) is 13.2 Å². The third-order valence-electron chi connectivity index (χ3n) is 3.48. The average Bonchev–Trinajstić information content (AvgIpc) is 2.83. The van der Waals surface area contributed by atoms with Crippen LogP contribution in [-0.4, -0.2) is 23.1 Å². The molecule has 0 aliphatic heterocycles. The Balaban J connectivity index is 1.85. The highest BCUT2D eigenvalue weighted by atomic mass is 32.2. The van der Waals surface area contributed by atoms with Crippen molar-refractivity contribution < 1.29 is 13.2 Å². The first-order chi connectivity index (χ1) is 9.48. The van der Waals surface area contributed by atoms with E-state index >= 15 is 0 Å². The largest absolute Gasteiger partial charge is 0.446 e. The quantitative estimate of drug-likeness (QED) is 0.791. The maximum Gasteiger partial charge on any atom is 0.446 e. The highest BCUT2D eigenvalue weighted by Crippen LogP contribution is 2.36. The summed E-state index contributed by atoms with van der Waals surface area (Å²) in [5.41, 5.74) is -3.18. The number of hydrogen-bond acceptors (Lipinski definition) is 3. The van der Waals surface area contributed by atoms with Crippen LogP contribution >= 0.6 is 23.5 Å². The molecule has 1 nitrogen and oxygen atoms in total. The van der Waals surface area contributed by atoms with Gasteiger partial charge < -0.3 is 5.32 Å². The van der Waals surface area contributed by atoms with Crippen LogP contribution in [0.5, 0.6) is 0 Å². The van der Waals surface area contributed by atoms with E-state index in [9.17, 15) is 13.2 Å². The number of nitrogens with one attached hydrogen (secondary N) is 1. The SMILES string of the molecule is CSC1CCCC1NCc1ccc(SC(F)(F)F)cc1. The first kappa shape index (κ1) is 16.0. The van der Waals surface area contributed by atoms with Crippen molar-refractivity contribution in [2.45, 2.75) is 47.5 Å². The average molecular weight is 321 g/mol. The lowest BCUT2D eigenvalue weighted by Crippen LogP contribution is -2.33. The van der Waals surface area contributed by atoms with E-state index in [4.69, 9.17) is 0 Å². The summed E-state index contributed by atoms with van der Waals surface area (Å²) in [6.07, 6.45) is 5.83. The lowest BCUT2D eigenvalue weighted by molar-refractivity contribution is -0.0328. The van der Waals surface area contributed by atoms with Gasteiger partial charge in [0, 0.05) is 22.7 Å². The van der Waals surface area contributed by atoms with E-state index < -0.39 is 5.51 Å². The van der Waals surface area contributed by atoms with Crippen molar-refractivity contribution in [1.29, 1.82) is 0 Å². The van der Waals surface area contributed by atoms with Crippen LogP contribution in [0.3, 0.4) is 0 Å². The molecule has 20 heavy (non-hydrogen) atoms. The Morgan fingerprint density at radius 1 is 1.20 bits per heavy atom. The second kappa shape index (κ2) is 7.09. The van der Waals surface area contributed by atoms with Crippen LogP contribution in [0.15, 0.2) is 29.2 Å². The second-order valence-corrected chi connectivity index (χ2v) is 7.10. The predicted octanol–water partition coefficient (Wildman–Crippen LogP) is 4.67. The summed E-state index contributed by atoms with van der Waals surface area (Å²) in [5, 5.41) is 4.18. The Morgan fingerprint density at radius 3 is 2.50 bits per heavy atom. The summed E-state index contributed by atoms with van der Waals surface area (Å²) in [6.45, 7) is 0.721. The molecule has 2 rings (SSSR count). The molecule has 0 spiro atoms. The van der Waals surface area contributed by atoms with Gasteiger partial charge in [0.15, 0.2) is 0 Å². The zero-order valence-electron chi connectivity index (χ0n) is 11.2. The van der Waals surface area contributed by atoms with Gasteiger partial charge in [-0.2, -0.15) is 24.9 Å². The van der Waals surface area contributed by atoms with E-state index in [-0.39, 0.29) is 16.7 Å². The molecule has 1 aromatic rings. The number of thioether (sulfide) groups is 2. The van der Waals surface area contributed by atoms with Gasteiger partial charge in [-0.3, -0.25) is 0 Å². The molecule has 112 valence electrons. The third kappa shape index (κ3) is 4.90. The van der Waals surface area contributed by atoms with E-state index in [1.807, 2.05) is 11.8 Å². The van der Waals surface area contributed by atoms with Crippen LogP contribution in [-0.2, 0) is 6.54 Å². The molecule has 0 aromatic heterocycles. The van der Waals surface area contributed by atoms with Crippen LogP contribution < -0.4 is 5.32 Å². The molecule has 1 fully saturated rings. The van der Waals surface area contributed by atoms with Crippen molar-refractivity contribution in [3.63, 3.8) is 0 Å². The van der Waals surface area contributed by atoms with E-state index in [1.54, 1.807) is 12.1 Å². The van der Waals surface area contributed by atoms with Crippen molar-refractivity contribution in [3.05, 3.63) is 29.8 Å². The number of benzene rings is 1. The molecule has 1 saturated carbocycles. The van der Waals surface area contributed by atoms with E-state index in [0.29, 0.717) is 11.3 Å². The monoisotopic (exact) mass is 321 g/mol. The van der Waals surface area contributed by atoms with Gasteiger partial charge in [-0.25, -0.2) is 0 Å².